The highest BCUT2D eigenvalue weighted by molar-refractivity contribution is 9.10. The van der Waals surface area contributed by atoms with Crippen LogP contribution in [0.4, 0.5) is 5.69 Å². The first-order chi connectivity index (χ1) is 13.9. The van der Waals surface area contributed by atoms with Crippen molar-refractivity contribution >= 4 is 33.4 Å². The summed E-state index contributed by atoms with van der Waals surface area (Å²) in [6.45, 7) is 1.27. The zero-order valence-corrected chi connectivity index (χ0v) is 18.3. The number of benzene rings is 2. The Kier molecular flexibility index (Phi) is 7.28. The number of hydrogen-bond donors (Lipinski definition) is 1. The average molecular weight is 460 g/mol. The fraction of sp³-hybridized carbons (Fsp3) is 0.364. The number of likely N-dealkylation sites (tertiary alicyclic amines) is 1. The van der Waals surface area contributed by atoms with Crippen molar-refractivity contribution in [3.63, 3.8) is 0 Å². The second-order valence-electron chi connectivity index (χ2n) is 7.35. The van der Waals surface area contributed by atoms with Crippen molar-refractivity contribution in [2.75, 3.05) is 39.1 Å². The third-order valence-corrected chi connectivity index (χ3v) is 5.55. The Balaban J connectivity index is 1.63. The fourth-order valence-electron chi connectivity index (χ4n) is 3.37. The van der Waals surface area contributed by atoms with Crippen LogP contribution in [0.15, 0.2) is 53.0 Å². The van der Waals surface area contributed by atoms with Gasteiger partial charge in [0.05, 0.1) is 5.56 Å². The number of ether oxygens (including phenoxy) is 1. The second-order valence-corrected chi connectivity index (χ2v) is 8.27. The number of piperidine rings is 1. The van der Waals surface area contributed by atoms with Crippen LogP contribution < -0.4 is 10.1 Å². The van der Waals surface area contributed by atoms with Gasteiger partial charge in [-0.25, -0.2) is 0 Å². The van der Waals surface area contributed by atoms with E-state index < -0.39 is 0 Å². The molecule has 1 aliphatic heterocycles. The summed E-state index contributed by atoms with van der Waals surface area (Å²) < 4.78 is 6.64. The van der Waals surface area contributed by atoms with Gasteiger partial charge >= 0.3 is 0 Å². The number of nitrogens with zero attached hydrogens (tertiary/aromatic N) is 2. The van der Waals surface area contributed by atoms with E-state index in [1.165, 1.54) is 0 Å². The SMILES string of the molecule is CN(C)C1CCCN(C(=O)c2ccccc2OCC(=O)Nc2ccc(Br)cc2)C1. The molecule has 6 nitrogen and oxygen atoms in total. The van der Waals surface area contributed by atoms with Gasteiger partial charge in [0.2, 0.25) is 0 Å². The molecule has 2 aromatic carbocycles. The molecule has 1 N–H and O–H groups in total. The molecule has 2 amide bonds. The fourth-order valence-corrected chi connectivity index (χ4v) is 3.64. The van der Waals surface area contributed by atoms with Crippen molar-refractivity contribution < 1.29 is 14.3 Å². The maximum Gasteiger partial charge on any atom is 0.262 e. The van der Waals surface area contributed by atoms with Crippen LogP contribution in [0, 0.1) is 0 Å². The average Bonchev–Trinajstić information content (AvgIpc) is 2.73. The van der Waals surface area contributed by atoms with E-state index in [2.05, 4.69) is 26.1 Å². The molecular formula is C22H26BrN3O3. The number of nitrogens with one attached hydrogen (secondary N) is 1. The van der Waals surface area contributed by atoms with Crippen LogP contribution >= 0.6 is 15.9 Å². The van der Waals surface area contributed by atoms with Gasteiger partial charge in [-0.15, -0.1) is 0 Å². The van der Waals surface area contributed by atoms with E-state index in [4.69, 9.17) is 4.74 Å². The molecule has 0 radical (unpaired) electrons. The highest BCUT2D eigenvalue weighted by Gasteiger charge is 2.27. The molecule has 1 aliphatic rings. The van der Waals surface area contributed by atoms with Gasteiger partial charge in [0.25, 0.3) is 11.8 Å². The quantitative estimate of drug-likeness (QED) is 0.716. The first-order valence-electron chi connectivity index (χ1n) is 9.67. The lowest BCUT2D eigenvalue weighted by Gasteiger charge is -2.36. The normalized spacial score (nSPS) is 16.6. The highest BCUT2D eigenvalue weighted by Crippen LogP contribution is 2.23. The van der Waals surface area contributed by atoms with Crippen molar-refractivity contribution in [2.45, 2.75) is 18.9 Å². The van der Waals surface area contributed by atoms with E-state index >= 15 is 0 Å². The number of rotatable bonds is 6. The van der Waals surface area contributed by atoms with E-state index in [0.29, 0.717) is 29.6 Å². The molecule has 0 spiro atoms. The van der Waals surface area contributed by atoms with Gasteiger partial charge < -0.3 is 19.9 Å². The van der Waals surface area contributed by atoms with E-state index in [9.17, 15) is 9.59 Å². The predicted molar refractivity (Wildman–Crippen MR) is 117 cm³/mol. The summed E-state index contributed by atoms with van der Waals surface area (Å²) in [4.78, 5) is 29.3. The minimum absolute atomic E-state index is 0.0551. The maximum atomic E-state index is 13.1. The monoisotopic (exact) mass is 459 g/mol. The number of para-hydroxylation sites is 1. The minimum atomic E-state index is -0.278. The minimum Gasteiger partial charge on any atom is -0.483 e. The second kappa shape index (κ2) is 9.89. The molecule has 0 aliphatic carbocycles. The molecule has 2 aromatic rings. The van der Waals surface area contributed by atoms with Gasteiger partial charge in [0.1, 0.15) is 5.75 Å². The lowest BCUT2D eigenvalue weighted by molar-refractivity contribution is -0.118. The summed E-state index contributed by atoms with van der Waals surface area (Å²) in [7, 11) is 4.08. The number of anilines is 1. The van der Waals surface area contributed by atoms with Crippen LogP contribution in [0.1, 0.15) is 23.2 Å². The molecule has 1 saturated heterocycles. The van der Waals surface area contributed by atoms with Crippen molar-refractivity contribution in [1.29, 1.82) is 0 Å². The van der Waals surface area contributed by atoms with Crippen LogP contribution in [0.5, 0.6) is 5.75 Å². The molecule has 29 heavy (non-hydrogen) atoms. The predicted octanol–water partition coefficient (Wildman–Crippen LogP) is 3.63. The molecular weight excluding hydrogens is 434 g/mol. The van der Waals surface area contributed by atoms with Crippen molar-refractivity contribution in [1.82, 2.24) is 9.80 Å². The van der Waals surface area contributed by atoms with Gasteiger partial charge in [-0.3, -0.25) is 9.59 Å². The molecule has 1 atom stereocenters. The van der Waals surface area contributed by atoms with Crippen LogP contribution in [-0.4, -0.2) is 61.4 Å². The van der Waals surface area contributed by atoms with Gasteiger partial charge in [0.15, 0.2) is 6.61 Å². The van der Waals surface area contributed by atoms with Gasteiger partial charge in [-0.2, -0.15) is 0 Å². The molecule has 0 aromatic heterocycles. The molecule has 7 heteroatoms. The topological polar surface area (TPSA) is 61.9 Å². The third-order valence-electron chi connectivity index (χ3n) is 5.02. The Bertz CT molecular complexity index is 855. The summed E-state index contributed by atoms with van der Waals surface area (Å²) in [5, 5.41) is 2.78. The number of hydrogen-bond acceptors (Lipinski definition) is 4. The van der Waals surface area contributed by atoms with Gasteiger partial charge in [-0.1, -0.05) is 28.1 Å². The largest absolute Gasteiger partial charge is 0.483 e. The smallest absolute Gasteiger partial charge is 0.262 e. The lowest BCUT2D eigenvalue weighted by Crippen LogP contribution is -2.47. The zero-order valence-electron chi connectivity index (χ0n) is 16.7. The molecule has 3 rings (SSSR count). The molecule has 1 unspecified atom stereocenters. The zero-order chi connectivity index (χ0) is 20.8. The summed E-state index contributed by atoms with van der Waals surface area (Å²) in [5.74, 6) is 0.0936. The summed E-state index contributed by atoms with van der Waals surface area (Å²) in [6.07, 6.45) is 2.07. The van der Waals surface area contributed by atoms with E-state index in [-0.39, 0.29) is 18.4 Å². The standard InChI is InChI=1S/C22H26BrN3O3/c1-25(2)18-6-5-13-26(14-18)22(28)19-7-3-4-8-20(19)29-15-21(27)24-17-11-9-16(23)10-12-17/h3-4,7-12,18H,5-6,13-15H2,1-2H3,(H,24,27). The van der Waals surface area contributed by atoms with E-state index in [1.54, 1.807) is 30.3 Å². The summed E-state index contributed by atoms with van der Waals surface area (Å²) in [6, 6.07) is 14.8. The first kappa shape index (κ1) is 21.3. The van der Waals surface area contributed by atoms with Crippen molar-refractivity contribution in [3.8, 4) is 5.75 Å². The first-order valence-corrected chi connectivity index (χ1v) is 10.5. The van der Waals surface area contributed by atoms with Gasteiger partial charge in [-0.05, 0) is 63.3 Å². The van der Waals surface area contributed by atoms with E-state index in [1.807, 2.05) is 37.2 Å². The Morgan fingerprint density at radius 2 is 1.90 bits per heavy atom. The van der Waals surface area contributed by atoms with Crippen molar-refractivity contribution in [3.05, 3.63) is 58.6 Å². The Morgan fingerprint density at radius 3 is 2.62 bits per heavy atom. The molecule has 0 bridgehead atoms. The van der Waals surface area contributed by atoms with Crippen LogP contribution in [0.25, 0.3) is 0 Å². The lowest BCUT2D eigenvalue weighted by atomic mass is 10.0. The van der Waals surface area contributed by atoms with Gasteiger partial charge in [0, 0.05) is 29.3 Å². The van der Waals surface area contributed by atoms with Crippen molar-refractivity contribution in [2.24, 2.45) is 0 Å². The molecule has 154 valence electrons. The summed E-state index contributed by atoms with van der Waals surface area (Å²) >= 11 is 3.36. The maximum absolute atomic E-state index is 13.1. The number of amides is 2. The third kappa shape index (κ3) is 5.81. The molecule has 1 heterocycles. The Hall–Kier alpha value is -2.38. The highest BCUT2D eigenvalue weighted by atomic mass is 79.9. The Morgan fingerprint density at radius 1 is 1.17 bits per heavy atom. The number of carbonyl (C=O) groups is 2. The number of likely N-dealkylation sites (N-methyl/N-ethyl adjacent to an activating group) is 1. The molecule has 0 saturated carbocycles. The van der Waals surface area contributed by atoms with Crippen LogP contribution in [0.2, 0.25) is 0 Å². The van der Waals surface area contributed by atoms with Crippen LogP contribution in [-0.2, 0) is 4.79 Å². The summed E-state index contributed by atoms with van der Waals surface area (Å²) in [5.41, 5.74) is 1.18. The van der Waals surface area contributed by atoms with Crippen LogP contribution in [0.3, 0.4) is 0 Å². The Labute approximate surface area is 180 Å². The molecule has 1 fully saturated rings. The number of halogens is 1. The number of carbonyl (C=O) groups excluding carboxylic acids is 2. The van der Waals surface area contributed by atoms with E-state index in [0.717, 1.165) is 23.9 Å².